The van der Waals surface area contributed by atoms with Crippen molar-refractivity contribution in [2.24, 2.45) is 11.8 Å². The van der Waals surface area contributed by atoms with Crippen molar-refractivity contribution in [3.8, 4) is 5.88 Å². The summed E-state index contributed by atoms with van der Waals surface area (Å²) in [6.07, 6.45) is 11.8. The second-order valence-electron chi connectivity index (χ2n) is 5.62. The molecule has 0 fully saturated rings. The van der Waals surface area contributed by atoms with Crippen LogP contribution in [0.25, 0.3) is 0 Å². The summed E-state index contributed by atoms with van der Waals surface area (Å²) in [5, 5.41) is 9.37. The van der Waals surface area contributed by atoms with E-state index in [0.29, 0.717) is 31.2 Å². The second-order valence-corrected chi connectivity index (χ2v) is 5.62. The number of hydrogen-bond donors (Lipinski definition) is 1. The molecule has 1 aromatic heterocycles. The van der Waals surface area contributed by atoms with Gasteiger partial charge < -0.3 is 9.84 Å². The van der Waals surface area contributed by atoms with E-state index in [-0.39, 0.29) is 0 Å². The molecule has 1 aliphatic carbocycles. The first-order valence-electron chi connectivity index (χ1n) is 7.55. The van der Waals surface area contributed by atoms with Crippen LogP contribution in [0.3, 0.4) is 0 Å². The molecule has 0 bridgehead atoms. The Kier molecular flexibility index (Phi) is 5.69. The van der Waals surface area contributed by atoms with E-state index in [9.17, 15) is 9.90 Å². The number of aliphatic carboxylic acids is 1. The van der Waals surface area contributed by atoms with Crippen LogP contribution in [0.4, 0.5) is 0 Å². The van der Waals surface area contributed by atoms with Gasteiger partial charge in [0.25, 0.3) is 0 Å². The van der Waals surface area contributed by atoms with Crippen LogP contribution in [-0.2, 0) is 4.79 Å². The lowest BCUT2D eigenvalue weighted by atomic mass is 9.88. The molecule has 2 rings (SSSR count). The maximum atomic E-state index is 11.4. The number of allylic oxidation sites excluding steroid dienone is 4. The van der Waals surface area contributed by atoms with Crippen LogP contribution in [0.5, 0.6) is 5.88 Å². The third kappa shape index (κ3) is 4.69. The molecule has 22 heavy (non-hydrogen) atoms. The SMILES string of the molecule is Cc1cnc(OCC[C@H](CC2C=CC=CC2)C(=O)O)c(C)n1. The van der Waals surface area contributed by atoms with Crippen molar-refractivity contribution in [3.05, 3.63) is 41.9 Å². The van der Waals surface area contributed by atoms with Gasteiger partial charge in [0.1, 0.15) is 0 Å². The Hall–Kier alpha value is -2.17. The van der Waals surface area contributed by atoms with Gasteiger partial charge in [0.15, 0.2) is 0 Å². The number of carbonyl (C=O) groups is 1. The normalized spacial score (nSPS) is 18.2. The summed E-state index contributed by atoms with van der Waals surface area (Å²) in [7, 11) is 0. The van der Waals surface area contributed by atoms with E-state index in [1.807, 2.05) is 26.0 Å². The van der Waals surface area contributed by atoms with Crippen LogP contribution < -0.4 is 4.74 Å². The predicted molar refractivity (Wildman–Crippen MR) is 83.7 cm³/mol. The van der Waals surface area contributed by atoms with Gasteiger partial charge in [-0.25, -0.2) is 4.98 Å². The largest absolute Gasteiger partial charge is 0.481 e. The maximum Gasteiger partial charge on any atom is 0.306 e. The first-order chi connectivity index (χ1) is 10.6. The van der Waals surface area contributed by atoms with Crippen molar-refractivity contribution in [2.75, 3.05) is 6.61 Å². The molecule has 1 aliphatic rings. The zero-order valence-electron chi connectivity index (χ0n) is 13.0. The number of hydrogen-bond acceptors (Lipinski definition) is 4. The molecular weight excluding hydrogens is 280 g/mol. The van der Waals surface area contributed by atoms with Crippen LogP contribution in [0, 0.1) is 25.7 Å². The molecule has 0 aromatic carbocycles. The Bertz CT molecular complexity index is 581. The molecule has 1 aromatic rings. The maximum absolute atomic E-state index is 11.4. The lowest BCUT2D eigenvalue weighted by Gasteiger charge is -2.18. The van der Waals surface area contributed by atoms with Crippen molar-refractivity contribution in [2.45, 2.75) is 33.1 Å². The topological polar surface area (TPSA) is 72.3 Å². The van der Waals surface area contributed by atoms with Crippen LogP contribution >= 0.6 is 0 Å². The Morgan fingerprint density at radius 3 is 2.91 bits per heavy atom. The fraction of sp³-hybridized carbons (Fsp3) is 0.471. The van der Waals surface area contributed by atoms with Crippen LogP contribution in [0.15, 0.2) is 30.5 Å². The van der Waals surface area contributed by atoms with Crippen LogP contribution in [0.1, 0.15) is 30.7 Å². The predicted octanol–water partition coefficient (Wildman–Crippen LogP) is 3.09. The average molecular weight is 302 g/mol. The molecule has 2 atom stereocenters. The van der Waals surface area contributed by atoms with Crippen molar-refractivity contribution in [1.82, 2.24) is 9.97 Å². The number of carboxylic acid groups (broad SMARTS) is 1. The first kappa shape index (κ1) is 16.2. The van der Waals surface area contributed by atoms with E-state index in [1.54, 1.807) is 6.20 Å². The highest BCUT2D eigenvalue weighted by Gasteiger charge is 2.21. The van der Waals surface area contributed by atoms with Gasteiger partial charge in [-0.15, -0.1) is 0 Å². The zero-order chi connectivity index (χ0) is 15.9. The summed E-state index contributed by atoms with van der Waals surface area (Å²) < 4.78 is 5.59. The van der Waals surface area contributed by atoms with Crippen molar-refractivity contribution in [3.63, 3.8) is 0 Å². The highest BCUT2D eigenvalue weighted by Crippen LogP contribution is 2.23. The van der Waals surface area contributed by atoms with Gasteiger partial charge in [-0.3, -0.25) is 9.78 Å². The zero-order valence-corrected chi connectivity index (χ0v) is 13.0. The Labute approximate surface area is 130 Å². The second kappa shape index (κ2) is 7.73. The van der Waals surface area contributed by atoms with E-state index in [4.69, 9.17) is 4.74 Å². The quantitative estimate of drug-likeness (QED) is 0.838. The number of carboxylic acids is 1. The molecule has 0 saturated heterocycles. The van der Waals surface area contributed by atoms with Gasteiger partial charge in [-0.05, 0) is 39.0 Å². The molecule has 0 aliphatic heterocycles. The first-order valence-corrected chi connectivity index (χ1v) is 7.55. The van der Waals surface area contributed by atoms with E-state index >= 15 is 0 Å². The lowest BCUT2D eigenvalue weighted by Crippen LogP contribution is -2.20. The van der Waals surface area contributed by atoms with Crippen LogP contribution in [0.2, 0.25) is 0 Å². The van der Waals surface area contributed by atoms with Gasteiger partial charge in [0.2, 0.25) is 5.88 Å². The Balaban J connectivity index is 1.85. The number of rotatable bonds is 7. The summed E-state index contributed by atoms with van der Waals surface area (Å²) in [4.78, 5) is 19.9. The fourth-order valence-corrected chi connectivity index (χ4v) is 2.54. The minimum Gasteiger partial charge on any atom is -0.481 e. The number of nitrogens with zero attached hydrogens (tertiary/aromatic N) is 2. The van der Waals surface area contributed by atoms with E-state index in [2.05, 4.69) is 22.1 Å². The van der Waals surface area contributed by atoms with Gasteiger partial charge in [-0.1, -0.05) is 24.3 Å². The Morgan fingerprint density at radius 1 is 1.45 bits per heavy atom. The molecule has 1 unspecified atom stereocenters. The monoisotopic (exact) mass is 302 g/mol. The summed E-state index contributed by atoms with van der Waals surface area (Å²) in [5.41, 5.74) is 1.57. The number of aryl methyl sites for hydroxylation is 2. The van der Waals surface area contributed by atoms with Crippen molar-refractivity contribution < 1.29 is 14.6 Å². The third-order valence-electron chi connectivity index (χ3n) is 3.73. The molecule has 5 nitrogen and oxygen atoms in total. The molecule has 0 saturated carbocycles. The van der Waals surface area contributed by atoms with Gasteiger partial charge >= 0.3 is 5.97 Å². The van der Waals surface area contributed by atoms with Crippen molar-refractivity contribution in [1.29, 1.82) is 0 Å². The minimum absolute atomic E-state index is 0.298. The third-order valence-corrected chi connectivity index (χ3v) is 3.73. The van der Waals surface area contributed by atoms with E-state index in [0.717, 1.165) is 17.8 Å². The number of aromatic nitrogens is 2. The van der Waals surface area contributed by atoms with Gasteiger partial charge in [0.05, 0.1) is 30.1 Å². The molecular formula is C17H22N2O3. The van der Waals surface area contributed by atoms with Crippen molar-refractivity contribution >= 4 is 5.97 Å². The molecule has 0 amide bonds. The van der Waals surface area contributed by atoms with E-state index < -0.39 is 11.9 Å². The smallest absolute Gasteiger partial charge is 0.306 e. The lowest BCUT2D eigenvalue weighted by molar-refractivity contribution is -0.142. The minimum atomic E-state index is -0.765. The molecule has 1 N–H and O–H groups in total. The number of ether oxygens (including phenoxy) is 1. The molecule has 1 heterocycles. The fourth-order valence-electron chi connectivity index (χ4n) is 2.54. The van der Waals surface area contributed by atoms with Gasteiger partial charge in [-0.2, -0.15) is 0 Å². The average Bonchev–Trinajstić information content (AvgIpc) is 2.49. The van der Waals surface area contributed by atoms with E-state index in [1.165, 1.54) is 0 Å². The highest BCUT2D eigenvalue weighted by molar-refractivity contribution is 5.70. The highest BCUT2D eigenvalue weighted by atomic mass is 16.5. The molecule has 5 heteroatoms. The summed E-state index contributed by atoms with van der Waals surface area (Å²) >= 11 is 0. The van der Waals surface area contributed by atoms with Crippen LogP contribution in [-0.4, -0.2) is 27.7 Å². The Morgan fingerprint density at radius 2 is 2.27 bits per heavy atom. The standard InChI is InChI=1S/C17H22N2O3/c1-12-11-18-16(13(2)19-12)22-9-8-15(17(20)21)10-14-6-4-3-5-7-14/h3-6,11,14-15H,7-10H2,1-2H3,(H,20,21)/t14?,15-/m1/s1. The molecule has 0 spiro atoms. The summed E-state index contributed by atoms with van der Waals surface area (Å²) in [5.74, 6) is -0.389. The van der Waals surface area contributed by atoms with Gasteiger partial charge in [0, 0.05) is 0 Å². The summed E-state index contributed by atoms with van der Waals surface area (Å²) in [6.45, 7) is 4.04. The summed E-state index contributed by atoms with van der Waals surface area (Å²) in [6, 6.07) is 0. The molecule has 0 radical (unpaired) electrons. The molecule has 118 valence electrons.